The van der Waals surface area contributed by atoms with Gasteiger partial charge in [-0.25, -0.2) is 4.98 Å². The molecule has 7 nitrogen and oxygen atoms in total. The van der Waals surface area contributed by atoms with Crippen molar-refractivity contribution in [3.63, 3.8) is 0 Å². The molecule has 0 spiro atoms. The van der Waals surface area contributed by atoms with Crippen LogP contribution in [0.1, 0.15) is 17.5 Å². The number of aryl methyl sites for hydroxylation is 1. The van der Waals surface area contributed by atoms with Crippen molar-refractivity contribution < 1.29 is 19.4 Å². The smallest absolute Gasteiger partial charge is 0.224 e. The van der Waals surface area contributed by atoms with E-state index < -0.39 is 0 Å². The van der Waals surface area contributed by atoms with Crippen molar-refractivity contribution >= 4 is 5.84 Å². The van der Waals surface area contributed by atoms with Gasteiger partial charge in [0.2, 0.25) is 5.88 Å². The molecule has 0 aliphatic carbocycles. The fraction of sp³-hybridized carbons (Fsp3) is 0.538. The number of nitrogens with zero attached hydrogens (tertiary/aromatic N) is 2. The van der Waals surface area contributed by atoms with Gasteiger partial charge in [-0.2, -0.15) is 0 Å². The van der Waals surface area contributed by atoms with Crippen molar-refractivity contribution in [1.82, 2.24) is 4.98 Å². The molecule has 0 aliphatic rings. The van der Waals surface area contributed by atoms with E-state index in [9.17, 15) is 0 Å². The molecule has 1 aromatic rings. The van der Waals surface area contributed by atoms with Crippen molar-refractivity contribution in [1.29, 1.82) is 0 Å². The molecule has 0 saturated carbocycles. The highest BCUT2D eigenvalue weighted by Crippen LogP contribution is 2.18. The topological polar surface area (TPSA) is 99.2 Å². The van der Waals surface area contributed by atoms with Gasteiger partial charge in [-0.3, -0.25) is 0 Å². The molecule has 112 valence electrons. The van der Waals surface area contributed by atoms with Crippen molar-refractivity contribution in [2.75, 3.05) is 33.5 Å². The van der Waals surface area contributed by atoms with Crippen molar-refractivity contribution in [2.45, 2.75) is 13.3 Å². The van der Waals surface area contributed by atoms with E-state index >= 15 is 0 Å². The maximum absolute atomic E-state index is 8.78. The lowest BCUT2D eigenvalue weighted by molar-refractivity contribution is 0.0642. The molecule has 0 atom stereocenters. The number of aromatic nitrogens is 1. The number of methoxy groups -OCH3 is 1. The predicted molar refractivity (Wildman–Crippen MR) is 74.3 cm³/mol. The highest BCUT2D eigenvalue weighted by molar-refractivity contribution is 6.00. The number of oxime groups is 1. The molecule has 0 amide bonds. The lowest BCUT2D eigenvalue weighted by Crippen LogP contribution is -2.18. The molecule has 20 heavy (non-hydrogen) atoms. The first-order chi connectivity index (χ1) is 9.70. The minimum atomic E-state index is -0.0121. The second-order valence-corrected chi connectivity index (χ2v) is 4.10. The highest BCUT2D eigenvalue weighted by atomic mass is 16.5. The van der Waals surface area contributed by atoms with Crippen molar-refractivity contribution in [2.24, 2.45) is 10.9 Å². The summed E-state index contributed by atoms with van der Waals surface area (Å²) in [5.74, 6) is 0.346. The summed E-state index contributed by atoms with van der Waals surface area (Å²) < 4.78 is 15.7. The van der Waals surface area contributed by atoms with E-state index in [-0.39, 0.29) is 5.84 Å². The lowest BCUT2D eigenvalue weighted by atomic mass is 10.1. The minimum absolute atomic E-state index is 0.0121. The Balaban J connectivity index is 2.46. The van der Waals surface area contributed by atoms with E-state index in [2.05, 4.69) is 10.1 Å². The van der Waals surface area contributed by atoms with Gasteiger partial charge in [-0.05, 0) is 18.6 Å². The van der Waals surface area contributed by atoms with Gasteiger partial charge >= 0.3 is 0 Å². The number of pyridine rings is 1. The average Bonchev–Trinajstić information content (AvgIpc) is 2.45. The number of rotatable bonds is 9. The first kappa shape index (κ1) is 16.2. The molecule has 0 saturated heterocycles. The van der Waals surface area contributed by atoms with Gasteiger partial charge in [0.05, 0.1) is 25.4 Å². The zero-order valence-electron chi connectivity index (χ0n) is 11.8. The van der Waals surface area contributed by atoms with Crippen LogP contribution in [0.15, 0.2) is 17.4 Å². The Bertz CT molecular complexity index is 438. The van der Waals surface area contributed by atoms with Gasteiger partial charge < -0.3 is 25.2 Å². The van der Waals surface area contributed by atoms with Crippen LogP contribution in [0.4, 0.5) is 0 Å². The Kier molecular flexibility index (Phi) is 7.38. The fourth-order valence-corrected chi connectivity index (χ4v) is 1.58. The predicted octanol–water partition coefficient (Wildman–Crippen LogP) is 0.916. The zero-order valence-corrected chi connectivity index (χ0v) is 11.8. The van der Waals surface area contributed by atoms with Gasteiger partial charge in [0.15, 0.2) is 5.84 Å². The summed E-state index contributed by atoms with van der Waals surface area (Å²) in [6.45, 7) is 4.00. The third kappa shape index (κ3) is 5.02. The summed E-state index contributed by atoms with van der Waals surface area (Å²) in [6, 6.07) is 1.77. The number of hydrogen-bond acceptors (Lipinski definition) is 6. The molecule has 1 heterocycles. The van der Waals surface area contributed by atoms with Crippen LogP contribution in [0.2, 0.25) is 0 Å². The maximum atomic E-state index is 8.78. The fourth-order valence-electron chi connectivity index (χ4n) is 1.58. The average molecular weight is 283 g/mol. The van der Waals surface area contributed by atoms with E-state index in [1.165, 1.54) is 0 Å². The molecular weight excluding hydrogens is 262 g/mol. The van der Waals surface area contributed by atoms with Gasteiger partial charge in [0.25, 0.3) is 0 Å². The molecule has 0 aliphatic heterocycles. The summed E-state index contributed by atoms with van der Waals surface area (Å²) >= 11 is 0. The van der Waals surface area contributed by atoms with E-state index in [4.69, 9.17) is 25.2 Å². The molecule has 1 rings (SSSR count). The van der Waals surface area contributed by atoms with Crippen LogP contribution in [0, 0.1) is 6.92 Å². The van der Waals surface area contributed by atoms with Crippen molar-refractivity contribution in [3.8, 4) is 5.88 Å². The number of ether oxygens (including phenoxy) is 3. The summed E-state index contributed by atoms with van der Waals surface area (Å²) in [5.41, 5.74) is 6.97. The van der Waals surface area contributed by atoms with E-state index in [0.717, 1.165) is 12.0 Å². The summed E-state index contributed by atoms with van der Waals surface area (Å²) in [5, 5.41) is 11.8. The molecule has 0 aromatic carbocycles. The Morgan fingerprint density at radius 3 is 2.85 bits per heavy atom. The summed E-state index contributed by atoms with van der Waals surface area (Å²) in [7, 11) is 1.63. The van der Waals surface area contributed by atoms with Crippen LogP contribution in [-0.4, -0.2) is 49.6 Å². The minimum Gasteiger partial charge on any atom is -0.477 e. The summed E-state index contributed by atoms with van der Waals surface area (Å²) in [6.07, 6.45) is 2.34. The Hall–Kier alpha value is -1.86. The summed E-state index contributed by atoms with van der Waals surface area (Å²) in [4.78, 5) is 4.10. The van der Waals surface area contributed by atoms with Gasteiger partial charge in [0.1, 0.15) is 0 Å². The molecule has 3 N–H and O–H groups in total. The monoisotopic (exact) mass is 283 g/mol. The van der Waals surface area contributed by atoms with E-state index in [1.807, 2.05) is 6.92 Å². The third-order valence-electron chi connectivity index (χ3n) is 2.59. The second-order valence-electron chi connectivity index (χ2n) is 4.10. The van der Waals surface area contributed by atoms with Crippen LogP contribution in [0.25, 0.3) is 0 Å². The Labute approximate surface area is 118 Å². The lowest BCUT2D eigenvalue weighted by Gasteiger charge is -2.11. The standard InChI is InChI=1S/C13H21N3O4/c1-10-4-5-15-13(11(10)12(14)16-17)20-7-3-6-19-9-8-18-2/h4-5,17H,3,6-9H2,1-2H3,(H2,14,16). The van der Waals surface area contributed by atoms with Crippen LogP contribution < -0.4 is 10.5 Å². The largest absolute Gasteiger partial charge is 0.477 e. The first-order valence-corrected chi connectivity index (χ1v) is 6.33. The number of amidine groups is 1. The van der Waals surface area contributed by atoms with Crippen LogP contribution >= 0.6 is 0 Å². The van der Waals surface area contributed by atoms with Crippen molar-refractivity contribution in [3.05, 3.63) is 23.4 Å². The van der Waals surface area contributed by atoms with E-state index in [1.54, 1.807) is 19.4 Å². The van der Waals surface area contributed by atoms with Crippen LogP contribution in [0.5, 0.6) is 5.88 Å². The third-order valence-corrected chi connectivity index (χ3v) is 2.59. The number of hydrogen-bond donors (Lipinski definition) is 2. The maximum Gasteiger partial charge on any atom is 0.224 e. The highest BCUT2D eigenvalue weighted by Gasteiger charge is 2.12. The van der Waals surface area contributed by atoms with Crippen LogP contribution in [-0.2, 0) is 9.47 Å². The Morgan fingerprint density at radius 2 is 2.15 bits per heavy atom. The first-order valence-electron chi connectivity index (χ1n) is 6.33. The molecular formula is C13H21N3O4. The van der Waals surface area contributed by atoms with Crippen LogP contribution in [0.3, 0.4) is 0 Å². The zero-order chi connectivity index (χ0) is 14.8. The number of nitrogens with two attached hydrogens (primary N) is 1. The van der Waals surface area contributed by atoms with Gasteiger partial charge in [0, 0.05) is 26.3 Å². The molecule has 0 unspecified atom stereocenters. The SMILES string of the molecule is COCCOCCCOc1nccc(C)c1/C(N)=N/O. The molecule has 0 fully saturated rings. The Morgan fingerprint density at radius 1 is 1.35 bits per heavy atom. The van der Waals surface area contributed by atoms with E-state index in [0.29, 0.717) is 37.9 Å². The molecule has 7 heteroatoms. The quantitative estimate of drug-likeness (QED) is 0.230. The second kappa shape index (κ2) is 9.11. The molecule has 1 aromatic heterocycles. The molecule has 0 bridgehead atoms. The van der Waals surface area contributed by atoms with Gasteiger partial charge in [-0.1, -0.05) is 5.16 Å². The molecule has 0 radical (unpaired) electrons. The van der Waals surface area contributed by atoms with Gasteiger partial charge in [-0.15, -0.1) is 0 Å². The normalized spacial score (nSPS) is 11.6.